The lowest BCUT2D eigenvalue weighted by Crippen LogP contribution is -2.49. The average molecular weight is 291 g/mol. The molecule has 1 aromatic rings. The highest BCUT2D eigenvalue weighted by molar-refractivity contribution is 5.49. The third-order valence-corrected chi connectivity index (χ3v) is 4.49. The molecule has 2 N–H and O–H groups in total. The van der Waals surface area contributed by atoms with Crippen LogP contribution in [0.5, 0.6) is 5.75 Å². The maximum Gasteiger partial charge on any atom is 0.119 e. The van der Waals surface area contributed by atoms with Crippen LogP contribution in [0.4, 0.5) is 5.69 Å². The number of aliphatic hydroxyl groups is 1. The molecule has 2 heterocycles. The van der Waals surface area contributed by atoms with Crippen LogP contribution in [0.25, 0.3) is 0 Å². The van der Waals surface area contributed by atoms with Crippen LogP contribution in [0.1, 0.15) is 6.42 Å². The van der Waals surface area contributed by atoms with E-state index in [4.69, 9.17) is 4.74 Å². The van der Waals surface area contributed by atoms with Crippen molar-refractivity contribution < 1.29 is 9.84 Å². The van der Waals surface area contributed by atoms with Crippen LogP contribution in [0.15, 0.2) is 24.3 Å². The molecular formula is C16H25N3O2. The van der Waals surface area contributed by atoms with Gasteiger partial charge in [0.05, 0.1) is 13.2 Å². The molecule has 2 unspecified atom stereocenters. The van der Waals surface area contributed by atoms with Crippen LogP contribution in [-0.2, 0) is 0 Å². The lowest BCUT2D eigenvalue weighted by Gasteiger charge is -2.37. The SMILES string of the molecule is COc1ccc(N2CCN(CC3CC(O)CN3)CC2)cc1. The minimum absolute atomic E-state index is 0.157. The summed E-state index contributed by atoms with van der Waals surface area (Å²) in [6, 6.07) is 8.75. The Labute approximate surface area is 126 Å². The van der Waals surface area contributed by atoms with Gasteiger partial charge in [0, 0.05) is 51.0 Å². The first-order chi connectivity index (χ1) is 10.2. The van der Waals surface area contributed by atoms with Crippen molar-refractivity contribution in [1.82, 2.24) is 10.2 Å². The zero-order chi connectivity index (χ0) is 14.7. The molecule has 5 nitrogen and oxygen atoms in total. The van der Waals surface area contributed by atoms with Gasteiger partial charge in [-0.3, -0.25) is 4.90 Å². The van der Waals surface area contributed by atoms with Crippen molar-refractivity contribution in [2.24, 2.45) is 0 Å². The number of hydrogen-bond acceptors (Lipinski definition) is 5. The number of methoxy groups -OCH3 is 1. The van der Waals surface area contributed by atoms with Crippen LogP contribution >= 0.6 is 0 Å². The Hall–Kier alpha value is -1.30. The summed E-state index contributed by atoms with van der Waals surface area (Å²) >= 11 is 0. The zero-order valence-corrected chi connectivity index (χ0v) is 12.7. The van der Waals surface area contributed by atoms with Crippen LogP contribution in [0.2, 0.25) is 0 Å². The van der Waals surface area contributed by atoms with Crippen LogP contribution in [-0.4, -0.2) is 68.5 Å². The Kier molecular flexibility index (Phi) is 4.63. The molecule has 3 rings (SSSR count). The second kappa shape index (κ2) is 6.64. The van der Waals surface area contributed by atoms with E-state index in [9.17, 15) is 5.11 Å². The Morgan fingerprint density at radius 1 is 1.19 bits per heavy atom. The fourth-order valence-electron chi connectivity index (χ4n) is 3.23. The number of benzene rings is 1. The highest BCUT2D eigenvalue weighted by Crippen LogP contribution is 2.20. The van der Waals surface area contributed by atoms with Crippen LogP contribution < -0.4 is 15.0 Å². The van der Waals surface area contributed by atoms with E-state index in [1.54, 1.807) is 7.11 Å². The number of hydrogen-bond donors (Lipinski definition) is 2. The highest BCUT2D eigenvalue weighted by Gasteiger charge is 2.25. The number of nitrogens with one attached hydrogen (secondary N) is 1. The number of piperazine rings is 1. The molecule has 0 radical (unpaired) electrons. The van der Waals surface area contributed by atoms with Gasteiger partial charge in [0.25, 0.3) is 0 Å². The highest BCUT2D eigenvalue weighted by atomic mass is 16.5. The molecule has 2 aliphatic heterocycles. The van der Waals surface area contributed by atoms with Gasteiger partial charge >= 0.3 is 0 Å². The molecule has 0 spiro atoms. The first kappa shape index (κ1) is 14.6. The van der Waals surface area contributed by atoms with Crippen molar-refractivity contribution in [2.45, 2.75) is 18.6 Å². The van der Waals surface area contributed by atoms with Gasteiger partial charge in [-0.25, -0.2) is 0 Å². The molecule has 0 aromatic heterocycles. The lowest BCUT2D eigenvalue weighted by atomic mass is 10.1. The van der Waals surface area contributed by atoms with Gasteiger partial charge in [0.1, 0.15) is 5.75 Å². The monoisotopic (exact) mass is 291 g/mol. The molecule has 1 aromatic carbocycles. The van der Waals surface area contributed by atoms with E-state index in [2.05, 4.69) is 27.2 Å². The van der Waals surface area contributed by atoms with E-state index < -0.39 is 0 Å². The average Bonchev–Trinajstić information content (AvgIpc) is 2.93. The van der Waals surface area contributed by atoms with E-state index in [1.165, 1.54) is 5.69 Å². The van der Waals surface area contributed by atoms with Gasteiger partial charge in [-0.2, -0.15) is 0 Å². The van der Waals surface area contributed by atoms with Crippen LogP contribution in [0.3, 0.4) is 0 Å². The van der Waals surface area contributed by atoms with Gasteiger partial charge in [0.2, 0.25) is 0 Å². The number of anilines is 1. The van der Waals surface area contributed by atoms with E-state index in [0.717, 1.165) is 51.4 Å². The number of β-amino-alcohol motifs (C(OH)–C–C–N with tert-alkyl or cyclic N) is 1. The second-order valence-corrected chi connectivity index (χ2v) is 5.98. The van der Waals surface area contributed by atoms with Crippen molar-refractivity contribution in [2.75, 3.05) is 51.3 Å². The molecule has 2 fully saturated rings. The van der Waals surface area contributed by atoms with Crippen molar-refractivity contribution in [3.63, 3.8) is 0 Å². The Morgan fingerprint density at radius 2 is 1.90 bits per heavy atom. The molecule has 2 aliphatic rings. The first-order valence-corrected chi connectivity index (χ1v) is 7.77. The number of rotatable bonds is 4. The van der Waals surface area contributed by atoms with Crippen molar-refractivity contribution in [3.05, 3.63) is 24.3 Å². The molecule has 2 atom stereocenters. The molecule has 116 valence electrons. The summed E-state index contributed by atoms with van der Waals surface area (Å²) in [6.07, 6.45) is 0.731. The summed E-state index contributed by atoms with van der Waals surface area (Å²) in [5.41, 5.74) is 1.27. The molecule has 0 aliphatic carbocycles. The minimum Gasteiger partial charge on any atom is -0.497 e. The normalized spacial score (nSPS) is 27.0. The minimum atomic E-state index is -0.157. The van der Waals surface area contributed by atoms with Crippen LogP contribution in [0, 0.1) is 0 Å². The van der Waals surface area contributed by atoms with E-state index in [0.29, 0.717) is 6.04 Å². The van der Waals surface area contributed by atoms with E-state index in [-0.39, 0.29) is 6.10 Å². The van der Waals surface area contributed by atoms with E-state index >= 15 is 0 Å². The second-order valence-electron chi connectivity index (χ2n) is 5.98. The van der Waals surface area contributed by atoms with Gasteiger partial charge in [-0.05, 0) is 30.7 Å². The molecule has 2 saturated heterocycles. The maximum atomic E-state index is 9.56. The number of ether oxygens (including phenoxy) is 1. The maximum absolute atomic E-state index is 9.56. The summed E-state index contributed by atoms with van der Waals surface area (Å²) < 4.78 is 5.20. The van der Waals surface area contributed by atoms with E-state index in [1.807, 2.05) is 12.1 Å². The van der Waals surface area contributed by atoms with Gasteiger partial charge < -0.3 is 20.1 Å². The number of aliphatic hydroxyl groups excluding tert-OH is 1. The van der Waals surface area contributed by atoms with Crippen molar-refractivity contribution in [3.8, 4) is 5.75 Å². The third-order valence-electron chi connectivity index (χ3n) is 4.49. The third kappa shape index (κ3) is 3.67. The fraction of sp³-hybridized carbons (Fsp3) is 0.625. The summed E-state index contributed by atoms with van der Waals surface area (Å²) in [4.78, 5) is 4.92. The van der Waals surface area contributed by atoms with Gasteiger partial charge in [-0.15, -0.1) is 0 Å². The Bertz CT molecular complexity index is 443. The largest absolute Gasteiger partial charge is 0.497 e. The first-order valence-electron chi connectivity index (χ1n) is 7.77. The Morgan fingerprint density at radius 3 is 2.48 bits per heavy atom. The molecule has 21 heavy (non-hydrogen) atoms. The van der Waals surface area contributed by atoms with Gasteiger partial charge in [0.15, 0.2) is 0 Å². The van der Waals surface area contributed by atoms with Gasteiger partial charge in [-0.1, -0.05) is 0 Å². The molecule has 5 heteroatoms. The summed E-state index contributed by atoms with van der Waals surface area (Å²) in [5.74, 6) is 0.906. The molecule has 0 bridgehead atoms. The molecular weight excluding hydrogens is 266 g/mol. The Balaban J connectivity index is 1.48. The topological polar surface area (TPSA) is 48.0 Å². The lowest BCUT2D eigenvalue weighted by molar-refractivity contribution is 0.185. The molecule has 0 saturated carbocycles. The predicted octanol–water partition coefficient (Wildman–Crippen LogP) is 0.540. The predicted molar refractivity (Wildman–Crippen MR) is 84.1 cm³/mol. The smallest absolute Gasteiger partial charge is 0.119 e. The number of nitrogens with zero attached hydrogens (tertiary/aromatic N) is 2. The summed E-state index contributed by atoms with van der Waals surface area (Å²) in [6.45, 7) is 6.08. The quantitative estimate of drug-likeness (QED) is 0.848. The summed E-state index contributed by atoms with van der Waals surface area (Å²) in [5, 5.41) is 13.0. The van der Waals surface area contributed by atoms with Crippen molar-refractivity contribution >= 4 is 5.69 Å². The zero-order valence-electron chi connectivity index (χ0n) is 12.7. The standard InChI is InChI=1S/C16H25N3O2/c1-21-16-4-2-14(3-5-16)19-8-6-18(7-9-19)12-13-10-15(20)11-17-13/h2-5,13,15,17,20H,6-12H2,1H3. The molecule has 0 amide bonds. The fourth-order valence-corrected chi connectivity index (χ4v) is 3.23. The van der Waals surface area contributed by atoms with Crippen molar-refractivity contribution in [1.29, 1.82) is 0 Å². The summed E-state index contributed by atoms with van der Waals surface area (Å²) in [7, 11) is 1.70.